The van der Waals surface area contributed by atoms with Crippen molar-refractivity contribution < 1.29 is 34.8 Å². The minimum absolute atomic E-state index is 0.105. The fourth-order valence-electron chi connectivity index (χ4n) is 0.544. The summed E-state index contributed by atoms with van der Waals surface area (Å²) in [6, 6.07) is 8.02. The Labute approximate surface area is 80.3 Å². The molecular formula is C6H5O4SZn-. The number of hydrogen-bond acceptors (Lipinski definition) is 3. The third-order valence-corrected chi connectivity index (χ3v) is 1.85. The van der Waals surface area contributed by atoms with Gasteiger partial charge in [0.25, 0.3) is 10.1 Å². The van der Waals surface area contributed by atoms with Crippen LogP contribution in [0.1, 0.15) is 0 Å². The molecule has 0 radical (unpaired) electrons. The molecule has 1 aromatic carbocycles. The topological polar surface area (TPSA) is 71.4 Å². The van der Waals surface area contributed by atoms with E-state index in [1.807, 2.05) is 0 Å². The molecule has 62 valence electrons. The maximum absolute atomic E-state index is 10.4. The van der Waals surface area contributed by atoms with Gasteiger partial charge in [-0.05, 0) is 4.90 Å². The van der Waals surface area contributed by atoms with Gasteiger partial charge < -0.3 is 0 Å². The van der Waals surface area contributed by atoms with E-state index in [2.05, 4.69) is 6.07 Å². The van der Waals surface area contributed by atoms with Crippen LogP contribution in [0.15, 0.2) is 29.2 Å². The quantitative estimate of drug-likeness (QED) is 0.442. The van der Waals surface area contributed by atoms with Crippen LogP contribution in [0, 0.1) is 6.07 Å². The summed E-state index contributed by atoms with van der Waals surface area (Å²) in [5, 5.41) is 0. The first-order valence-electron chi connectivity index (χ1n) is 2.83. The Morgan fingerprint density at radius 2 is 1.67 bits per heavy atom. The molecule has 12 heavy (non-hydrogen) atoms. The zero-order valence-electron chi connectivity index (χ0n) is 6.10. The Hall–Kier alpha value is -0.447. The van der Waals surface area contributed by atoms with Crippen LogP contribution < -0.4 is 0 Å². The number of hydrogen-bond donors (Lipinski definition) is 1. The summed E-state index contributed by atoms with van der Waals surface area (Å²) >= 11 is 0.125. The van der Waals surface area contributed by atoms with Crippen molar-refractivity contribution in [2.45, 2.75) is 4.90 Å². The normalized spacial score (nSPS) is 9.92. The molecule has 0 unspecified atom stereocenters. The van der Waals surface area contributed by atoms with E-state index in [0.29, 0.717) is 0 Å². The van der Waals surface area contributed by atoms with Crippen molar-refractivity contribution in [3.05, 3.63) is 30.3 Å². The van der Waals surface area contributed by atoms with Crippen LogP contribution in [0.2, 0.25) is 0 Å². The zero-order chi connectivity index (χ0) is 9.61. The molecule has 0 fully saturated rings. The Balaban J connectivity index is 0.000000561. The molecule has 0 saturated carbocycles. The first kappa shape index (κ1) is 11.6. The molecule has 0 spiro atoms. The van der Waals surface area contributed by atoms with E-state index in [0.717, 1.165) is 0 Å². The summed E-state index contributed by atoms with van der Waals surface area (Å²) in [7, 11) is -4.02. The average molecular weight is 239 g/mol. The van der Waals surface area contributed by atoms with Gasteiger partial charge in [0, 0.05) is 0 Å². The second kappa shape index (κ2) is 5.24. The summed E-state index contributed by atoms with van der Waals surface area (Å²) in [5.74, 6) is 0. The molecule has 0 aliphatic heterocycles. The first-order chi connectivity index (χ1) is 5.61. The fourth-order valence-corrected chi connectivity index (χ4v) is 1.02. The maximum atomic E-state index is 10.4. The fraction of sp³-hybridized carbons (Fsp3) is 0. The Kier molecular flexibility index (Phi) is 5.05. The predicted molar refractivity (Wildman–Crippen MR) is 35.8 cm³/mol. The van der Waals surface area contributed by atoms with Crippen molar-refractivity contribution in [2.75, 3.05) is 0 Å². The SMILES string of the molecule is O=S(=O)(O)c1cc[c-]cc1.[O]=[Zn]. The summed E-state index contributed by atoms with van der Waals surface area (Å²) in [5.41, 5.74) is 0. The van der Waals surface area contributed by atoms with Gasteiger partial charge in [-0.3, -0.25) is 4.55 Å². The van der Waals surface area contributed by atoms with Crippen molar-refractivity contribution in [1.29, 1.82) is 0 Å². The van der Waals surface area contributed by atoms with Gasteiger partial charge in [0.15, 0.2) is 0 Å². The molecule has 0 amide bonds. The van der Waals surface area contributed by atoms with Gasteiger partial charge in [0.05, 0.1) is 0 Å². The van der Waals surface area contributed by atoms with Crippen molar-refractivity contribution in [1.82, 2.24) is 0 Å². The molecule has 0 aromatic heterocycles. The van der Waals surface area contributed by atoms with E-state index in [9.17, 15) is 8.42 Å². The minimum atomic E-state index is -4.02. The molecular weight excluding hydrogens is 234 g/mol. The van der Waals surface area contributed by atoms with E-state index in [1.54, 1.807) is 0 Å². The number of rotatable bonds is 1. The van der Waals surface area contributed by atoms with Crippen LogP contribution in [0.3, 0.4) is 0 Å². The molecule has 0 aliphatic rings. The third-order valence-electron chi connectivity index (χ3n) is 0.986. The standard InChI is InChI=1S/C6H5O3S.O.Zn/c7-10(8,9)6-4-2-1-3-5-6;;/h2-5H,(H,7,8,9);;/q-1;;. The van der Waals surface area contributed by atoms with Gasteiger partial charge in [-0.25, -0.2) is 0 Å². The van der Waals surface area contributed by atoms with E-state index in [4.69, 9.17) is 8.13 Å². The molecule has 0 heterocycles. The van der Waals surface area contributed by atoms with Gasteiger partial charge in [-0.2, -0.15) is 26.6 Å². The first-order valence-corrected chi connectivity index (χ1v) is 5.48. The van der Waals surface area contributed by atoms with Crippen molar-refractivity contribution in [2.24, 2.45) is 0 Å². The zero-order valence-corrected chi connectivity index (χ0v) is 9.88. The molecule has 0 aliphatic carbocycles. The monoisotopic (exact) mass is 237 g/mol. The van der Waals surface area contributed by atoms with Gasteiger partial charge >= 0.3 is 21.8 Å². The molecule has 1 aromatic rings. The van der Waals surface area contributed by atoms with Crippen molar-refractivity contribution >= 4 is 10.1 Å². The van der Waals surface area contributed by atoms with Crippen molar-refractivity contribution in [3.63, 3.8) is 0 Å². The van der Waals surface area contributed by atoms with E-state index >= 15 is 0 Å². The van der Waals surface area contributed by atoms with Crippen LogP contribution in [0.25, 0.3) is 0 Å². The molecule has 0 atom stereocenters. The average Bonchev–Trinajstić information content (AvgIpc) is 2.08. The van der Waals surface area contributed by atoms with E-state index in [-0.39, 0.29) is 23.1 Å². The molecule has 6 heteroatoms. The molecule has 4 nitrogen and oxygen atoms in total. The molecule has 0 bridgehead atoms. The molecule has 1 N–H and O–H groups in total. The van der Waals surface area contributed by atoms with Crippen LogP contribution in [0.4, 0.5) is 0 Å². The summed E-state index contributed by atoms with van der Waals surface area (Å²) < 4.78 is 37.6. The van der Waals surface area contributed by atoms with Crippen LogP contribution in [0.5, 0.6) is 0 Å². The second-order valence-corrected chi connectivity index (χ2v) is 3.13. The summed E-state index contributed by atoms with van der Waals surface area (Å²) in [6.07, 6.45) is 0. The van der Waals surface area contributed by atoms with Gasteiger partial charge in [-0.15, -0.1) is 12.1 Å². The van der Waals surface area contributed by atoms with Crippen LogP contribution >= 0.6 is 0 Å². The van der Waals surface area contributed by atoms with Gasteiger partial charge in [-0.1, -0.05) is 0 Å². The van der Waals surface area contributed by atoms with E-state index in [1.165, 1.54) is 24.3 Å². The molecule has 1 rings (SSSR count). The third kappa shape index (κ3) is 3.80. The Morgan fingerprint density at radius 3 is 1.92 bits per heavy atom. The van der Waals surface area contributed by atoms with Crippen LogP contribution in [-0.4, -0.2) is 13.0 Å². The second-order valence-electron chi connectivity index (χ2n) is 1.71. The summed E-state index contributed by atoms with van der Waals surface area (Å²) in [4.78, 5) is -0.105. The summed E-state index contributed by atoms with van der Waals surface area (Å²) in [6.45, 7) is 0. The van der Waals surface area contributed by atoms with Crippen LogP contribution in [-0.2, 0) is 31.9 Å². The Bertz CT molecular complexity index is 321. The van der Waals surface area contributed by atoms with Crippen molar-refractivity contribution in [3.8, 4) is 0 Å². The number of benzene rings is 1. The predicted octanol–water partition coefficient (Wildman–Crippen LogP) is 0.612. The Morgan fingerprint density at radius 1 is 1.25 bits per heavy atom. The molecule has 0 saturated heterocycles. The van der Waals surface area contributed by atoms with Gasteiger partial charge in [0.2, 0.25) is 0 Å². The van der Waals surface area contributed by atoms with Gasteiger partial charge in [0.1, 0.15) is 0 Å². The van der Waals surface area contributed by atoms with E-state index < -0.39 is 10.1 Å².